The summed E-state index contributed by atoms with van der Waals surface area (Å²) < 4.78 is 0. The highest BCUT2D eigenvalue weighted by Gasteiger charge is 2.08. The Morgan fingerprint density at radius 1 is 1.27 bits per heavy atom. The Kier molecular flexibility index (Phi) is 8.60. The van der Waals surface area contributed by atoms with E-state index in [9.17, 15) is 0 Å². The molecule has 4 N–H and O–H groups in total. The summed E-state index contributed by atoms with van der Waals surface area (Å²) in [6, 6.07) is 0. The molecular weight excluding hydrogens is 276 g/mol. The molecule has 0 saturated carbocycles. The van der Waals surface area contributed by atoms with Crippen LogP contribution in [0.4, 0.5) is 0 Å². The molecule has 0 unspecified atom stereocenters. The first-order valence-electron chi connectivity index (χ1n) is 3.10. The first kappa shape index (κ1) is 13.8. The van der Waals surface area contributed by atoms with Crippen molar-refractivity contribution in [1.82, 2.24) is 10.2 Å². The number of rotatable bonds is 0. The molecule has 1 rings (SSSR count). The van der Waals surface area contributed by atoms with E-state index < -0.39 is 0 Å². The summed E-state index contributed by atoms with van der Waals surface area (Å²) in [6.45, 7) is 3.63. The van der Waals surface area contributed by atoms with Crippen LogP contribution in [0.5, 0.6) is 0 Å². The summed E-state index contributed by atoms with van der Waals surface area (Å²) >= 11 is 0. The molecule has 11 heavy (non-hydrogen) atoms. The average molecular weight is 290 g/mol. The Hall–Kier alpha value is 0.190. The number of nitrogens with zero attached hydrogens (tertiary/aromatic N) is 1. The van der Waals surface area contributed by atoms with Crippen molar-refractivity contribution in [2.45, 2.75) is 0 Å². The van der Waals surface area contributed by atoms with Crippen molar-refractivity contribution >= 4 is 39.9 Å². The van der Waals surface area contributed by atoms with Gasteiger partial charge in [-0.3, -0.25) is 5.41 Å². The minimum Gasteiger partial charge on any atom is -0.370 e. The lowest BCUT2D eigenvalue weighted by molar-refractivity contribution is 0.352. The summed E-state index contributed by atoms with van der Waals surface area (Å²) in [5.74, 6) is 0.191. The molecule has 1 aliphatic rings. The number of halogens is 2. The van der Waals surface area contributed by atoms with Crippen molar-refractivity contribution < 1.29 is 0 Å². The van der Waals surface area contributed by atoms with Crippen LogP contribution >= 0.6 is 34.0 Å². The molecule has 1 fully saturated rings. The van der Waals surface area contributed by atoms with E-state index in [2.05, 4.69) is 5.32 Å². The van der Waals surface area contributed by atoms with Crippen LogP contribution in [0.3, 0.4) is 0 Å². The molecule has 1 aliphatic heterocycles. The van der Waals surface area contributed by atoms with Gasteiger partial charge in [-0.2, -0.15) is 0 Å². The number of piperazine rings is 1. The SMILES string of the molecule is Br.Br.N=C(N)N1CCNCC1. The van der Waals surface area contributed by atoms with Crippen LogP contribution in [-0.2, 0) is 0 Å². The molecule has 68 valence electrons. The fourth-order valence-corrected chi connectivity index (χ4v) is 0.906. The van der Waals surface area contributed by atoms with Gasteiger partial charge >= 0.3 is 0 Å². The van der Waals surface area contributed by atoms with E-state index in [1.807, 2.05) is 4.90 Å². The van der Waals surface area contributed by atoms with Gasteiger partial charge in [0.15, 0.2) is 5.96 Å². The first-order valence-corrected chi connectivity index (χ1v) is 3.10. The van der Waals surface area contributed by atoms with Gasteiger partial charge in [0.25, 0.3) is 0 Å². The van der Waals surface area contributed by atoms with Crippen molar-refractivity contribution in [2.24, 2.45) is 5.73 Å². The zero-order chi connectivity index (χ0) is 6.69. The fourth-order valence-electron chi connectivity index (χ4n) is 0.906. The maximum Gasteiger partial charge on any atom is 0.188 e. The minimum atomic E-state index is 0. The Morgan fingerprint density at radius 3 is 2.00 bits per heavy atom. The maximum absolute atomic E-state index is 7.06. The normalized spacial score (nSPS) is 16.2. The third-order valence-electron chi connectivity index (χ3n) is 1.46. The summed E-state index contributed by atoms with van der Waals surface area (Å²) in [7, 11) is 0. The molecule has 0 aromatic heterocycles. The molecule has 0 aromatic carbocycles. The van der Waals surface area contributed by atoms with Gasteiger partial charge in [-0.25, -0.2) is 0 Å². The van der Waals surface area contributed by atoms with Gasteiger partial charge in [-0.15, -0.1) is 34.0 Å². The zero-order valence-corrected chi connectivity index (χ0v) is 9.60. The van der Waals surface area contributed by atoms with Gasteiger partial charge in [0.1, 0.15) is 0 Å². The van der Waals surface area contributed by atoms with Crippen LogP contribution in [0.15, 0.2) is 0 Å². The number of hydrogen-bond donors (Lipinski definition) is 3. The Morgan fingerprint density at radius 2 is 1.73 bits per heavy atom. The molecule has 0 aromatic rings. The lowest BCUT2D eigenvalue weighted by Gasteiger charge is -2.27. The third-order valence-corrected chi connectivity index (χ3v) is 1.46. The second kappa shape index (κ2) is 6.87. The van der Waals surface area contributed by atoms with Gasteiger partial charge in [-0.1, -0.05) is 0 Å². The highest BCUT2D eigenvalue weighted by Crippen LogP contribution is 1.88. The number of nitrogens with two attached hydrogens (primary N) is 1. The fraction of sp³-hybridized carbons (Fsp3) is 0.800. The molecule has 0 spiro atoms. The maximum atomic E-state index is 7.06. The topological polar surface area (TPSA) is 65.1 Å². The largest absolute Gasteiger partial charge is 0.370 e. The number of nitrogens with one attached hydrogen (secondary N) is 2. The summed E-state index contributed by atoms with van der Waals surface area (Å²) in [4.78, 5) is 1.86. The van der Waals surface area contributed by atoms with E-state index in [4.69, 9.17) is 11.1 Å². The van der Waals surface area contributed by atoms with Crippen molar-refractivity contribution in [3.63, 3.8) is 0 Å². The molecule has 1 heterocycles. The Labute approximate surface area is 87.6 Å². The summed E-state index contributed by atoms with van der Waals surface area (Å²) in [5.41, 5.74) is 5.25. The van der Waals surface area contributed by atoms with Gasteiger partial charge < -0.3 is 16.0 Å². The highest BCUT2D eigenvalue weighted by molar-refractivity contribution is 8.93. The lowest BCUT2D eigenvalue weighted by Crippen LogP contribution is -2.48. The van der Waals surface area contributed by atoms with E-state index in [-0.39, 0.29) is 39.9 Å². The van der Waals surface area contributed by atoms with Crippen molar-refractivity contribution in [3.05, 3.63) is 0 Å². The number of hydrogen-bond acceptors (Lipinski definition) is 2. The lowest BCUT2D eigenvalue weighted by atomic mass is 10.4. The van der Waals surface area contributed by atoms with E-state index in [0.717, 1.165) is 26.2 Å². The van der Waals surface area contributed by atoms with E-state index in [0.29, 0.717) is 0 Å². The summed E-state index contributed by atoms with van der Waals surface area (Å²) in [5, 5.41) is 10.2. The van der Waals surface area contributed by atoms with E-state index in [1.165, 1.54) is 0 Å². The molecule has 1 saturated heterocycles. The van der Waals surface area contributed by atoms with Crippen LogP contribution in [0.25, 0.3) is 0 Å². The Balaban J connectivity index is 0. The molecule has 0 radical (unpaired) electrons. The second-order valence-corrected chi connectivity index (χ2v) is 2.12. The molecule has 0 atom stereocenters. The van der Waals surface area contributed by atoms with Gasteiger partial charge in [0, 0.05) is 26.2 Å². The standard InChI is InChI=1S/C5H12N4.2BrH/c6-5(7)9-3-1-8-2-4-9;;/h8H,1-4H2,(H3,6,7);2*1H. The van der Waals surface area contributed by atoms with Crippen molar-refractivity contribution in [3.8, 4) is 0 Å². The van der Waals surface area contributed by atoms with Crippen molar-refractivity contribution in [1.29, 1.82) is 5.41 Å². The van der Waals surface area contributed by atoms with Crippen LogP contribution in [0.2, 0.25) is 0 Å². The molecular formula is C5H14Br2N4. The minimum absolute atomic E-state index is 0. The van der Waals surface area contributed by atoms with Crippen molar-refractivity contribution in [2.75, 3.05) is 26.2 Å². The van der Waals surface area contributed by atoms with Gasteiger partial charge in [0.05, 0.1) is 0 Å². The molecule has 0 aliphatic carbocycles. The van der Waals surface area contributed by atoms with Crippen LogP contribution in [0, 0.1) is 5.41 Å². The monoisotopic (exact) mass is 288 g/mol. The predicted octanol–water partition coefficient (Wildman–Crippen LogP) is -0.0591. The molecule has 4 nitrogen and oxygen atoms in total. The summed E-state index contributed by atoms with van der Waals surface area (Å²) in [6.07, 6.45) is 0. The third kappa shape index (κ3) is 4.60. The first-order chi connectivity index (χ1) is 4.30. The Bertz CT molecular complexity index is 113. The quantitative estimate of drug-likeness (QED) is 0.432. The molecule has 0 amide bonds. The van der Waals surface area contributed by atoms with E-state index >= 15 is 0 Å². The smallest absolute Gasteiger partial charge is 0.188 e. The van der Waals surface area contributed by atoms with Crippen LogP contribution in [0.1, 0.15) is 0 Å². The highest BCUT2D eigenvalue weighted by atomic mass is 79.9. The van der Waals surface area contributed by atoms with E-state index in [1.54, 1.807) is 0 Å². The molecule has 6 heteroatoms. The predicted molar refractivity (Wildman–Crippen MR) is 57.0 cm³/mol. The van der Waals surface area contributed by atoms with Crippen LogP contribution in [-0.4, -0.2) is 37.0 Å². The second-order valence-electron chi connectivity index (χ2n) is 2.12. The molecule has 0 bridgehead atoms. The van der Waals surface area contributed by atoms with Gasteiger partial charge in [-0.05, 0) is 0 Å². The van der Waals surface area contributed by atoms with Crippen LogP contribution < -0.4 is 11.1 Å². The van der Waals surface area contributed by atoms with Gasteiger partial charge in [0.2, 0.25) is 0 Å². The zero-order valence-electron chi connectivity index (χ0n) is 6.17. The number of guanidine groups is 1. The average Bonchev–Trinajstić information content (AvgIpc) is 1.90.